The van der Waals surface area contributed by atoms with E-state index in [9.17, 15) is 19.2 Å². The maximum absolute atomic E-state index is 12.1. The highest BCUT2D eigenvalue weighted by atomic mass is 16.5. The van der Waals surface area contributed by atoms with Crippen LogP contribution in [-0.4, -0.2) is 37.7 Å². The Hall–Kier alpha value is -1.72. The summed E-state index contributed by atoms with van der Waals surface area (Å²) < 4.78 is 9.05. The van der Waals surface area contributed by atoms with E-state index in [0.29, 0.717) is 0 Å². The Bertz CT molecular complexity index is 373. The molecule has 0 fully saturated rings. The van der Waals surface area contributed by atoms with Crippen molar-refractivity contribution in [1.29, 1.82) is 0 Å². The molecule has 0 radical (unpaired) electrons. The predicted molar refractivity (Wildman–Crippen MR) is 66.3 cm³/mol. The van der Waals surface area contributed by atoms with Crippen LogP contribution in [0.4, 0.5) is 0 Å². The van der Waals surface area contributed by atoms with Gasteiger partial charge in [0.2, 0.25) is 0 Å². The average molecular weight is 272 g/mol. The van der Waals surface area contributed by atoms with E-state index >= 15 is 0 Å². The van der Waals surface area contributed by atoms with Crippen molar-refractivity contribution in [1.82, 2.24) is 0 Å². The van der Waals surface area contributed by atoms with Gasteiger partial charge < -0.3 is 14.3 Å². The molecule has 6 heteroatoms. The number of carbonyl (C=O) groups is 4. The first-order valence-electron chi connectivity index (χ1n) is 5.96. The molecule has 0 aromatic rings. The Morgan fingerprint density at radius 3 is 1.95 bits per heavy atom. The minimum Gasteiger partial charge on any atom is -0.469 e. The van der Waals surface area contributed by atoms with Crippen LogP contribution in [0, 0.1) is 5.41 Å². The van der Waals surface area contributed by atoms with Gasteiger partial charge in [-0.15, -0.1) is 0 Å². The van der Waals surface area contributed by atoms with Crippen LogP contribution in [-0.2, 0) is 28.7 Å². The topological polar surface area (TPSA) is 86.7 Å². The van der Waals surface area contributed by atoms with Gasteiger partial charge in [-0.25, -0.2) is 0 Å². The summed E-state index contributed by atoms with van der Waals surface area (Å²) in [4.78, 5) is 45.8. The fourth-order valence-corrected chi connectivity index (χ4v) is 1.60. The lowest BCUT2D eigenvalue weighted by atomic mass is 9.79. The Balaban J connectivity index is 4.82. The van der Waals surface area contributed by atoms with Crippen LogP contribution < -0.4 is 0 Å². The number of hydrogen-bond donors (Lipinski definition) is 0. The van der Waals surface area contributed by atoms with Crippen molar-refractivity contribution in [3.63, 3.8) is 0 Å². The van der Waals surface area contributed by atoms with Gasteiger partial charge in [0.1, 0.15) is 17.0 Å². The number of carbonyl (C=O) groups excluding carboxylic acids is 4. The average Bonchev–Trinajstić information content (AvgIpc) is 2.40. The molecule has 0 amide bonds. The van der Waals surface area contributed by atoms with Crippen LogP contribution >= 0.6 is 0 Å². The summed E-state index contributed by atoms with van der Waals surface area (Å²) in [5, 5.41) is 0. The fourth-order valence-electron chi connectivity index (χ4n) is 1.60. The van der Waals surface area contributed by atoms with E-state index < -0.39 is 23.1 Å². The number of Topliss-reactive ketones (excluding diaryl/α,β-unsaturated/α-hetero) is 2. The molecule has 19 heavy (non-hydrogen) atoms. The van der Waals surface area contributed by atoms with Gasteiger partial charge in [-0.3, -0.25) is 14.4 Å². The van der Waals surface area contributed by atoms with Gasteiger partial charge in [0, 0.05) is 12.8 Å². The zero-order chi connectivity index (χ0) is 15.1. The van der Waals surface area contributed by atoms with Gasteiger partial charge in [0.15, 0.2) is 0 Å². The van der Waals surface area contributed by atoms with Crippen molar-refractivity contribution in [2.45, 2.75) is 39.5 Å². The monoisotopic (exact) mass is 272 g/mol. The van der Waals surface area contributed by atoms with Crippen LogP contribution in [0.2, 0.25) is 0 Å². The molecule has 108 valence electrons. The zero-order valence-electron chi connectivity index (χ0n) is 11.8. The summed E-state index contributed by atoms with van der Waals surface area (Å²) in [5.74, 6) is -1.75. The van der Waals surface area contributed by atoms with Crippen LogP contribution in [0.15, 0.2) is 0 Å². The number of ether oxygens (including phenoxy) is 2. The van der Waals surface area contributed by atoms with Gasteiger partial charge in [-0.1, -0.05) is 0 Å². The normalized spacial score (nSPS) is 13.3. The molecular weight excluding hydrogens is 252 g/mol. The highest BCUT2D eigenvalue weighted by Gasteiger charge is 2.41. The number of ketones is 2. The van der Waals surface area contributed by atoms with E-state index in [2.05, 4.69) is 9.47 Å². The van der Waals surface area contributed by atoms with E-state index in [4.69, 9.17) is 0 Å². The SMILES string of the molecule is COC(=O)CCC(=O)C(C)(CCC(C)=O)C(=O)OC. The minimum atomic E-state index is -1.39. The summed E-state index contributed by atoms with van der Waals surface area (Å²) in [5.41, 5.74) is -1.39. The summed E-state index contributed by atoms with van der Waals surface area (Å²) in [6.45, 7) is 2.82. The highest BCUT2D eigenvalue weighted by Crippen LogP contribution is 2.28. The maximum atomic E-state index is 12.1. The molecule has 0 spiro atoms. The quantitative estimate of drug-likeness (QED) is 0.485. The first-order chi connectivity index (χ1) is 8.77. The molecule has 0 aliphatic carbocycles. The molecule has 0 aromatic heterocycles. The molecule has 6 nitrogen and oxygen atoms in total. The summed E-state index contributed by atoms with van der Waals surface area (Å²) in [6.07, 6.45) is -0.0251. The van der Waals surface area contributed by atoms with Crippen molar-refractivity contribution < 1.29 is 28.7 Å². The van der Waals surface area contributed by atoms with Crippen molar-refractivity contribution >= 4 is 23.5 Å². The summed E-state index contributed by atoms with van der Waals surface area (Å²) in [7, 11) is 2.41. The van der Waals surface area contributed by atoms with E-state index in [1.54, 1.807) is 0 Å². The Labute approximate surface area is 112 Å². The molecule has 0 saturated heterocycles. The molecule has 0 N–H and O–H groups in total. The van der Waals surface area contributed by atoms with E-state index in [-0.39, 0.29) is 31.5 Å². The lowest BCUT2D eigenvalue weighted by Gasteiger charge is -2.24. The first kappa shape index (κ1) is 17.3. The maximum Gasteiger partial charge on any atom is 0.319 e. The van der Waals surface area contributed by atoms with Gasteiger partial charge >= 0.3 is 11.9 Å². The number of rotatable bonds is 8. The summed E-state index contributed by atoms with van der Waals surface area (Å²) in [6, 6.07) is 0. The minimum absolute atomic E-state index is 0.0784. The van der Waals surface area contributed by atoms with Gasteiger partial charge in [0.25, 0.3) is 0 Å². The number of esters is 2. The third-order valence-electron chi connectivity index (χ3n) is 3.01. The van der Waals surface area contributed by atoms with Crippen molar-refractivity contribution in [3.05, 3.63) is 0 Å². The van der Waals surface area contributed by atoms with Crippen LogP contribution in [0.5, 0.6) is 0 Å². The van der Waals surface area contributed by atoms with Crippen molar-refractivity contribution in [2.24, 2.45) is 5.41 Å². The fraction of sp³-hybridized carbons (Fsp3) is 0.692. The second kappa shape index (κ2) is 7.66. The first-order valence-corrected chi connectivity index (χ1v) is 5.96. The molecule has 0 aliphatic rings. The lowest BCUT2D eigenvalue weighted by molar-refractivity contribution is -0.158. The molecule has 0 aliphatic heterocycles. The zero-order valence-corrected chi connectivity index (χ0v) is 11.8. The second-order valence-electron chi connectivity index (χ2n) is 4.53. The standard InChI is InChI=1S/C13H20O6/c1-9(14)7-8-13(2,12(17)19-4)10(15)5-6-11(16)18-3/h5-8H2,1-4H3. The molecule has 0 saturated carbocycles. The van der Waals surface area contributed by atoms with E-state index in [1.165, 1.54) is 28.1 Å². The molecule has 0 bridgehead atoms. The third kappa shape index (κ3) is 5.19. The summed E-state index contributed by atoms with van der Waals surface area (Å²) >= 11 is 0. The number of hydrogen-bond acceptors (Lipinski definition) is 6. The third-order valence-corrected chi connectivity index (χ3v) is 3.01. The highest BCUT2D eigenvalue weighted by molar-refractivity contribution is 6.04. The Morgan fingerprint density at radius 2 is 1.53 bits per heavy atom. The van der Waals surface area contributed by atoms with Crippen LogP contribution in [0.25, 0.3) is 0 Å². The van der Waals surface area contributed by atoms with Gasteiger partial charge in [0.05, 0.1) is 20.6 Å². The second-order valence-corrected chi connectivity index (χ2v) is 4.53. The van der Waals surface area contributed by atoms with Gasteiger partial charge in [-0.05, 0) is 20.3 Å². The van der Waals surface area contributed by atoms with Crippen LogP contribution in [0.3, 0.4) is 0 Å². The van der Waals surface area contributed by atoms with E-state index in [0.717, 1.165) is 0 Å². The molecule has 1 unspecified atom stereocenters. The lowest BCUT2D eigenvalue weighted by Crippen LogP contribution is -2.38. The predicted octanol–water partition coefficient (Wildman–Crippen LogP) is 1.06. The molecular formula is C13H20O6. The largest absolute Gasteiger partial charge is 0.469 e. The van der Waals surface area contributed by atoms with Gasteiger partial charge in [-0.2, -0.15) is 0 Å². The van der Waals surface area contributed by atoms with E-state index in [1.807, 2.05) is 0 Å². The molecule has 1 atom stereocenters. The smallest absolute Gasteiger partial charge is 0.319 e. The Morgan fingerprint density at radius 1 is 0.947 bits per heavy atom. The molecule has 0 rings (SSSR count). The van der Waals surface area contributed by atoms with Crippen molar-refractivity contribution in [3.8, 4) is 0 Å². The van der Waals surface area contributed by atoms with Crippen molar-refractivity contribution in [2.75, 3.05) is 14.2 Å². The van der Waals surface area contributed by atoms with Crippen LogP contribution in [0.1, 0.15) is 39.5 Å². The molecule has 0 heterocycles. The number of methoxy groups -OCH3 is 2. The molecule has 0 aromatic carbocycles. The Kier molecular flexibility index (Phi) is 6.96.